The summed E-state index contributed by atoms with van der Waals surface area (Å²) in [5, 5.41) is 1.25. The van der Waals surface area contributed by atoms with Gasteiger partial charge in [0, 0.05) is 5.39 Å². The summed E-state index contributed by atoms with van der Waals surface area (Å²) in [5.41, 5.74) is 1.77. The molecule has 0 bridgehead atoms. The highest BCUT2D eigenvalue weighted by Gasteiger charge is 2.24. The third-order valence-electron chi connectivity index (χ3n) is 3.33. The summed E-state index contributed by atoms with van der Waals surface area (Å²) in [6, 6.07) is 8.36. The van der Waals surface area contributed by atoms with Gasteiger partial charge in [-0.25, -0.2) is 17.9 Å². The minimum Gasteiger partial charge on any atom is -0.744 e. The maximum atomic E-state index is 11.3. The second kappa shape index (κ2) is 3.79. The first-order chi connectivity index (χ1) is 8.89. The average molecular weight is 276 g/mol. The molecule has 0 aliphatic carbocycles. The van der Waals surface area contributed by atoms with Crippen molar-refractivity contribution in [3.05, 3.63) is 30.3 Å². The molecule has 2 aromatic carbocycles. The van der Waals surface area contributed by atoms with Gasteiger partial charge in [-0.15, -0.1) is 0 Å². The normalized spacial score (nSPS) is 14.7. The lowest BCUT2D eigenvalue weighted by atomic mass is 10.0. The SMILES string of the molecule is CN1C=[N+](C)c2ccc(S(=O)(=O)[O-])c3cccc1c23. The predicted molar refractivity (Wildman–Crippen MR) is 72.2 cm³/mol. The van der Waals surface area contributed by atoms with Crippen molar-refractivity contribution in [1.29, 1.82) is 0 Å². The minimum atomic E-state index is -4.48. The van der Waals surface area contributed by atoms with Crippen LogP contribution >= 0.6 is 0 Å². The Kier molecular flexibility index (Phi) is 2.42. The van der Waals surface area contributed by atoms with Crippen molar-refractivity contribution in [3.63, 3.8) is 0 Å². The first-order valence-electron chi connectivity index (χ1n) is 5.72. The Morgan fingerprint density at radius 1 is 1.21 bits per heavy atom. The van der Waals surface area contributed by atoms with Crippen molar-refractivity contribution in [2.24, 2.45) is 0 Å². The Labute approximate surface area is 111 Å². The van der Waals surface area contributed by atoms with Crippen molar-refractivity contribution in [2.45, 2.75) is 4.90 Å². The second-order valence-corrected chi connectivity index (χ2v) is 5.92. The fraction of sp³-hybridized carbons (Fsp3) is 0.154. The highest BCUT2D eigenvalue weighted by molar-refractivity contribution is 7.86. The van der Waals surface area contributed by atoms with E-state index in [0.29, 0.717) is 5.39 Å². The molecule has 0 unspecified atom stereocenters. The molecule has 0 saturated heterocycles. The lowest BCUT2D eigenvalue weighted by molar-refractivity contribution is -0.399. The van der Waals surface area contributed by atoms with Crippen molar-refractivity contribution in [1.82, 2.24) is 0 Å². The molecule has 0 atom stereocenters. The lowest BCUT2D eigenvalue weighted by Crippen LogP contribution is -2.24. The van der Waals surface area contributed by atoms with E-state index in [1.54, 1.807) is 18.2 Å². The van der Waals surface area contributed by atoms with Gasteiger partial charge < -0.3 is 4.55 Å². The van der Waals surface area contributed by atoms with E-state index in [4.69, 9.17) is 0 Å². The van der Waals surface area contributed by atoms with Crippen molar-refractivity contribution in [3.8, 4) is 0 Å². The summed E-state index contributed by atoms with van der Waals surface area (Å²) in [6.07, 6.45) is 1.91. The summed E-state index contributed by atoms with van der Waals surface area (Å²) >= 11 is 0. The second-order valence-electron chi connectivity index (χ2n) is 4.57. The van der Waals surface area contributed by atoms with Crippen LogP contribution in [0.5, 0.6) is 0 Å². The third kappa shape index (κ3) is 1.72. The summed E-state index contributed by atoms with van der Waals surface area (Å²) in [7, 11) is -0.716. The van der Waals surface area contributed by atoms with E-state index >= 15 is 0 Å². The minimum absolute atomic E-state index is 0.170. The number of rotatable bonds is 1. The molecule has 5 nitrogen and oxygen atoms in total. The number of hydrogen-bond donors (Lipinski definition) is 0. The van der Waals surface area contributed by atoms with Gasteiger partial charge in [0.1, 0.15) is 21.5 Å². The summed E-state index contributed by atoms with van der Waals surface area (Å²) in [5.74, 6) is 0. The molecule has 3 rings (SSSR count). The molecule has 0 spiro atoms. The predicted octanol–water partition coefficient (Wildman–Crippen LogP) is 1.50. The van der Waals surface area contributed by atoms with Crippen LogP contribution in [0.2, 0.25) is 0 Å². The van der Waals surface area contributed by atoms with Crippen LogP contribution in [0.25, 0.3) is 10.8 Å². The monoisotopic (exact) mass is 276 g/mol. The van der Waals surface area contributed by atoms with Gasteiger partial charge in [-0.3, -0.25) is 0 Å². The van der Waals surface area contributed by atoms with E-state index in [0.717, 1.165) is 16.8 Å². The highest BCUT2D eigenvalue weighted by Crippen LogP contribution is 2.38. The molecule has 1 heterocycles. The molecule has 0 radical (unpaired) electrons. The number of anilines is 1. The van der Waals surface area contributed by atoms with Gasteiger partial charge in [0.15, 0.2) is 0 Å². The van der Waals surface area contributed by atoms with E-state index in [9.17, 15) is 13.0 Å². The Morgan fingerprint density at radius 3 is 2.63 bits per heavy atom. The van der Waals surface area contributed by atoms with E-state index in [2.05, 4.69) is 0 Å². The Morgan fingerprint density at radius 2 is 1.95 bits per heavy atom. The summed E-state index contributed by atoms with van der Waals surface area (Å²) in [4.78, 5) is 1.73. The summed E-state index contributed by atoms with van der Waals surface area (Å²) < 4.78 is 35.9. The van der Waals surface area contributed by atoms with Crippen LogP contribution in [0.4, 0.5) is 11.4 Å². The zero-order chi connectivity index (χ0) is 13.8. The first kappa shape index (κ1) is 12.1. The smallest absolute Gasteiger partial charge is 0.244 e. The van der Waals surface area contributed by atoms with Crippen LogP contribution in [-0.2, 0) is 10.1 Å². The van der Waals surface area contributed by atoms with E-state index in [1.165, 1.54) is 6.07 Å². The molecule has 1 aliphatic rings. The molecular formula is C13H12N2O3S. The average Bonchev–Trinajstić information content (AvgIpc) is 2.33. The molecular weight excluding hydrogens is 264 g/mol. The molecule has 6 heteroatoms. The molecule has 0 aromatic heterocycles. The summed E-state index contributed by atoms with van der Waals surface area (Å²) in [6.45, 7) is 0. The zero-order valence-corrected chi connectivity index (χ0v) is 11.3. The molecule has 1 aliphatic heterocycles. The Bertz CT molecular complexity index is 825. The van der Waals surface area contributed by atoms with Gasteiger partial charge >= 0.3 is 0 Å². The van der Waals surface area contributed by atoms with Crippen LogP contribution in [0.15, 0.2) is 35.2 Å². The Hall–Kier alpha value is -1.92. The lowest BCUT2D eigenvalue weighted by Gasteiger charge is -2.20. The van der Waals surface area contributed by atoms with Crippen LogP contribution in [-0.4, -0.2) is 38.0 Å². The number of nitrogens with zero attached hydrogens (tertiary/aromatic N) is 2. The quantitative estimate of drug-likeness (QED) is 0.585. The van der Waals surface area contributed by atoms with Crippen LogP contribution in [0, 0.1) is 0 Å². The van der Waals surface area contributed by atoms with Crippen molar-refractivity contribution >= 4 is 38.6 Å². The van der Waals surface area contributed by atoms with Crippen molar-refractivity contribution < 1.29 is 17.5 Å². The number of benzene rings is 2. The van der Waals surface area contributed by atoms with Crippen LogP contribution < -0.4 is 4.90 Å². The molecule has 0 amide bonds. The third-order valence-corrected chi connectivity index (χ3v) is 4.23. The van der Waals surface area contributed by atoms with Gasteiger partial charge in [-0.05, 0) is 18.2 Å². The number of hydrogen-bond acceptors (Lipinski definition) is 4. The zero-order valence-electron chi connectivity index (χ0n) is 10.5. The van der Waals surface area contributed by atoms with Crippen LogP contribution in [0.3, 0.4) is 0 Å². The van der Waals surface area contributed by atoms with Gasteiger partial charge in [-0.1, -0.05) is 12.1 Å². The molecule has 0 saturated carbocycles. The Balaban J connectivity index is 2.53. The van der Waals surface area contributed by atoms with E-state index in [1.807, 2.05) is 36.0 Å². The molecule has 0 N–H and O–H groups in total. The topological polar surface area (TPSA) is 63.5 Å². The highest BCUT2D eigenvalue weighted by atomic mass is 32.2. The standard InChI is InChI=1S/C13H12N2O3S/c1-14-8-15(2)11-6-7-12(19(16,17)18)9-4-3-5-10(14)13(9)11/h3-8H,1-2H3. The largest absolute Gasteiger partial charge is 0.744 e. The first-order valence-corrected chi connectivity index (χ1v) is 7.13. The van der Waals surface area contributed by atoms with E-state index < -0.39 is 10.1 Å². The van der Waals surface area contributed by atoms with Gasteiger partial charge in [0.2, 0.25) is 6.34 Å². The van der Waals surface area contributed by atoms with E-state index in [-0.39, 0.29) is 4.90 Å². The maximum Gasteiger partial charge on any atom is 0.244 e. The van der Waals surface area contributed by atoms with Crippen molar-refractivity contribution in [2.75, 3.05) is 19.0 Å². The fourth-order valence-corrected chi connectivity index (χ4v) is 3.21. The van der Waals surface area contributed by atoms with Crippen LogP contribution in [0.1, 0.15) is 0 Å². The van der Waals surface area contributed by atoms with Gasteiger partial charge in [0.05, 0.1) is 24.4 Å². The van der Waals surface area contributed by atoms with Gasteiger partial charge in [-0.2, -0.15) is 0 Å². The molecule has 19 heavy (non-hydrogen) atoms. The molecule has 98 valence electrons. The fourth-order valence-electron chi connectivity index (χ4n) is 2.53. The van der Waals surface area contributed by atoms with Gasteiger partial charge in [0.25, 0.3) is 0 Å². The maximum absolute atomic E-state index is 11.3. The molecule has 0 fully saturated rings. The molecule has 2 aromatic rings.